The van der Waals surface area contributed by atoms with Crippen LogP contribution in [0.5, 0.6) is 0 Å². The normalized spacial score (nSPS) is 23.8. The largest absolute Gasteiger partial charge is 0.459 e. The van der Waals surface area contributed by atoms with Gasteiger partial charge in [-0.15, -0.1) is 0 Å². The molecule has 13 heteroatoms. The van der Waals surface area contributed by atoms with Crippen molar-refractivity contribution >= 4 is 47.0 Å². The molecule has 0 spiro atoms. The molecule has 1 unspecified atom stereocenters. The molecule has 0 aliphatic carbocycles. The van der Waals surface area contributed by atoms with Gasteiger partial charge < -0.3 is 24.3 Å². The van der Waals surface area contributed by atoms with Gasteiger partial charge in [-0.2, -0.15) is 0 Å². The molecule has 0 bridgehead atoms. The highest BCUT2D eigenvalue weighted by Crippen LogP contribution is 2.39. The van der Waals surface area contributed by atoms with Gasteiger partial charge in [-0.25, -0.2) is 19.4 Å². The van der Waals surface area contributed by atoms with Crippen molar-refractivity contribution in [2.75, 3.05) is 6.61 Å². The zero-order chi connectivity index (χ0) is 32.4. The molecule has 5 atom stereocenters. The van der Waals surface area contributed by atoms with E-state index in [4.69, 9.17) is 42.1 Å². The second-order valence-electron chi connectivity index (χ2n) is 10.6. The third-order valence-electron chi connectivity index (χ3n) is 7.47. The van der Waals surface area contributed by atoms with Gasteiger partial charge in [0.15, 0.2) is 24.6 Å². The van der Waals surface area contributed by atoms with Crippen molar-refractivity contribution in [3.8, 4) is 0 Å². The number of nitrogens with one attached hydrogen (secondary N) is 1. The molecule has 3 aromatic rings. The summed E-state index contributed by atoms with van der Waals surface area (Å²) in [6.45, 7) is 1.34. The summed E-state index contributed by atoms with van der Waals surface area (Å²) in [5.41, 5.74) is 1.36. The van der Waals surface area contributed by atoms with Crippen LogP contribution in [0.15, 0.2) is 113 Å². The van der Waals surface area contributed by atoms with Crippen LogP contribution in [-0.2, 0) is 23.7 Å². The maximum Gasteiger partial charge on any atom is 0.338 e. The van der Waals surface area contributed by atoms with Crippen LogP contribution in [0, 0.1) is 0 Å². The van der Waals surface area contributed by atoms with E-state index in [2.05, 4.69) is 5.32 Å². The number of carbonyl (C=O) groups excluding carboxylic acids is 4. The van der Waals surface area contributed by atoms with Crippen molar-refractivity contribution in [1.29, 1.82) is 0 Å². The van der Waals surface area contributed by atoms with E-state index in [9.17, 15) is 19.2 Å². The molecule has 1 fully saturated rings. The lowest BCUT2D eigenvalue weighted by Crippen LogP contribution is -2.61. The van der Waals surface area contributed by atoms with E-state index in [0.717, 1.165) is 5.01 Å². The number of ether oxygens (including phenoxy) is 4. The predicted molar refractivity (Wildman–Crippen MR) is 165 cm³/mol. The molecule has 0 saturated carbocycles. The molecule has 6 rings (SSSR count). The number of rotatable bonds is 8. The number of hydrogen-bond acceptors (Lipinski definition) is 10. The molecule has 46 heavy (non-hydrogen) atoms. The van der Waals surface area contributed by atoms with Crippen molar-refractivity contribution in [1.82, 2.24) is 15.3 Å². The van der Waals surface area contributed by atoms with Crippen molar-refractivity contribution in [2.24, 2.45) is 0 Å². The maximum atomic E-state index is 13.7. The summed E-state index contributed by atoms with van der Waals surface area (Å²) < 4.78 is 23.8. The van der Waals surface area contributed by atoms with E-state index in [1.54, 1.807) is 104 Å². The van der Waals surface area contributed by atoms with Crippen LogP contribution in [0.3, 0.4) is 0 Å². The molecule has 1 amide bonds. The minimum atomic E-state index is -1.42. The summed E-state index contributed by atoms with van der Waals surface area (Å²) in [6.07, 6.45) is -4.50. The first-order valence-electron chi connectivity index (χ1n) is 14.2. The summed E-state index contributed by atoms with van der Waals surface area (Å²) >= 11 is 12.9. The number of allylic oxidation sites excluding steroid dienone is 1. The predicted octanol–water partition coefficient (Wildman–Crippen LogP) is 4.56. The number of hydrogen-bond donors (Lipinski definition) is 1. The average Bonchev–Trinajstić information content (AvgIpc) is 3.63. The molecule has 3 aromatic carbocycles. The lowest BCUT2D eigenvalue weighted by molar-refractivity contribution is -0.190. The Morgan fingerprint density at radius 3 is 1.83 bits per heavy atom. The van der Waals surface area contributed by atoms with Crippen molar-refractivity contribution in [3.63, 3.8) is 0 Å². The zero-order valence-corrected chi connectivity index (χ0v) is 25.8. The zero-order valence-electron chi connectivity index (χ0n) is 24.2. The van der Waals surface area contributed by atoms with Gasteiger partial charge in [0.2, 0.25) is 0 Å². The highest BCUT2D eigenvalue weighted by atomic mass is 35.5. The van der Waals surface area contributed by atoms with Gasteiger partial charge in [-0.3, -0.25) is 9.80 Å². The molecule has 11 nitrogen and oxygen atoms in total. The standard InChI is InChI=1S/C33H27Cl2N3O8/c1-19-17-37-28(36-19)24(34)25(35)29(39)38(37)30-27(46-33(42)22-15-9-4-10-16-22)26(45-32(41)21-13-7-3-8-14-21)23(44-30)18-43-31(40)20-11-5-2-6-12-20/h2-17,23,26-28,30,36H,18H2,1H3/t23-,26-,27-,28?,30-/m1/s1. The fourth-order valence-electron chi connectivity index (χ4n) is 5.29. The number of hydrazine groups is 1. The van der Waals surface area contributed by atoms with Crippen molar-refractivity contribution < 1.29 is 38.1 Å². The van der Waals surface area contributed by atoms with Gasteiger partial charge in [0, 0.05) is 11.9 Å². The molecule has 3 aliphatic heterocycles. The second-order valence-corrected chi connectivity index (χ2v) is 11.3. The first kappa shape index (κ1) is 31.2. The first-order valence-corrected chi connectivity index (χ1v) is 15.0. The van der Waals surface area contributed by atoms with Gasteiger partial charge >= 0.3 is 17.9 Å². The van der Waals surface area contributed by atoms with Crippen molar-refractivity contribution in [3.05, 3.63) is 130 Å². The minimum Gasteiger partial charge on any atom is -0.459 e. The van der Waals surface area contributed by atoms with Gasteiger partial charge in [0.05, 0.1) is 21.7 Å². The smallest absolute Gasteiger partial charge is 0.338 e. The Labute approximate surface area is 273 Å². The van der Waals surface area contributed by atoms with Crippen LogP contribution in [0.25, 0.3) is 0 Å². The lowest BCUT2D eigenvalue weighted by Gasteiger charge is -2.43. The third-order valence-corrected chi connectivity index (χ3v) is 8.33. The summed E-state index contributed by atoms with van der Waals surface area (Å²) in [6, 6.07) is 24.6. The molecular formula is C33H27Cl2N3O8. The Hall–Kier alpha value is -4.84. The molecule has 3 heterocycles. The number of carbonyl (C=O) groups is 4. The summed E-state index contributed by atoms with van der Waals surface area (Å²) in [5.74, 6) is -2.93. The second kappa shape index (κ2) is 13.3. The van der Waals surface area contributed by atoms with E-state index in [0.29, 0.717) is 5.70 Å². The average molecular weight is 664 g/mol. The fourth-order valence-corrected chi connectivity index (χ4v) is 5.71. The van der Waals surface area contributed by atoms with Gasteiger partial charge in [0.1, 0.15) is 17.7 Å². The van der Waals surface area contributed by atoms with E-state index in [1.165, 1.54) is 5.01 Å². The molecule has 1 saturated heterocycles. The monoisotopic (exact) mass is 663 g/mol. The number of fused-ring (bicyclic) bond motifs is 1. The summed E-state index contributed by atoms with van der Waals surface area (Å²) in [5, 5.41) is 5.50. The first-order chi connectivity index (χ1) is 22.2. The van der Waals surface area contributed by atoms with E-state index < -0.39 is 61.1 Å². The molecule has 1 N–H and O–H groups in total. The summed E-state index contributed by atoms with van der Waals surface area (Å²) in [4.78, 5) is 53.5. The number of amides is 1. The highest BCUT2D eigenvalue weighted by molar-refractivity contribution is 6.48. The van der Waals surface area contributed by atoms with Crippen LogP contribution in [0.4, 0.5) is 0 Å². The van der Waals surface area contributed by atoms with Crippen LogP contribution in [-0.4, -0.2) is 71.1 Å². The van der Waals surface area contributed by atoms with E-state index in [1.807, 2.05) is 0 Å². The third kappa shape index (κ3) is 6.17. The Morgan fingerprint density at radius 1 is 0.783 bits per heavy atom. The molecular weight excluding hydrogens is 637 g/mol. The number of benzene rings is 3. The van der Waals surface area contributed by atoms with Crippen LogP contribution in [0.1, 0.15) is 38.0 Å². The number of nitrogens with zero attached hydrogens (tertiary/aromatic N) is 2. The Morgan fingerprint density at radius 2 is 1.28 bits per heavy atom. The van der Waals surface area contributed by atoms with E-state index in [-0.39, 0.29) is 26.8 Å². The Kier molecular flexibility index (Phi) is 8.98. The van der Waals surface area contributed by atoms with Crippen LogP contribution >= 0.6 is 23.2 Å². The van der Waals surface area contributed by atoms with Crippen LogP contribution < -0.4 is 5.32 Å². The minimum absolute atomic E-state index is 0.0484. The Bertz CT molecular complexity index is 1700. The van der Waals surface area contributed by atoms with E-state index >= 15 is 0 Å². The number of esters is 3. The quantitative estimate of drug-likeness (QED) is 0.271. The Balaban J connectivity index is 1.38. The SMILES string of the molecule is CC1=CN2C(N1)C(Cl)=C(Cl)C(=O)N2[C@@H]1O[C@H](COC(=O)c2ccccc2)[C@@H](OC(=O)c2ccccc2)[C@H]1OC(=O)c1ccccc1. The van der Waals surface area contributed by atoms with Crippen LogP contribution in [0.2, 0.25) is 0 Å². The fraction of sp³-hybridized carbons (Fsp3) is 0.212. The molecule has 0 radical (unpaired) electrons. The maximum absolute atomic E-state index is 13.7. The van der Waals surface area contributed by atoms with Crippen molar-refractivity contribution in [2.45, 2.75) is 37.6 Å². The van der Waals surface area contributed by atoms with Gasteiger partial charge in [-0.1, -0.05) is 77.8 Å². The van der Waals surface area contributed by atoms with Gasteiger partial charge in [0.25, 0.3) is 5.91 Å². The molecule has 3 aliphatic rings. The topological polar surface area (TPSA) is 124 Å². The number of halogens is 2. The highest BCUT2D eigenvalue weighted by Gasteiger charge is 2.57. The van der Waals surface area contributed by atoms with Gasteiger partial charge in [-0.05, 0) is 43.3 Å². The molecule has 0 aromatic heterocycles. The lowest BCUT2D eigenvalue weighted by atomic mass is 10.1. The molecule has 236 valence electrons. The summed E-state index contributed by atoms with van der Waals surface area (Å²) in [7, 11) is 0.